The standard InChI is InChI=1S/C27H40N2O5/c1-16-9-8-10-17(2)25(32)19(4)26(33)27(6,7)23(30)14-24(31)29-22(12-11-16)18(3)13-21-15-34-20(5)28-21/h8-9,11,13,15,17,19,22-23,25,30,32H,10,12,14H2,1-7H3,(H,29,31)/t17-,19+,22-,23-,25-/m0/s1. The number of allylic oxidation sites excluding steroid dienone is 3. The number of amides is 1. The number of aliphatic hydroxyl groups excluding tert-OH is 2. The van der Waals surface area contributed by atoms with Crippen LogP contribution in [0.5, 0.6) is 0 Å². The van der Waals surface area contributed by atoms with Gasteiger partial charge in [-0.25, -0.2) is 4.98 Å². The van der Waals surface area contributed by atoms with Gasteiger partial charge in [0.15, 0.2) is 5.89 Å². The average Bonchev–Trinajstić information content (AvgIpc) is 3.18. The molecule has 0 saturated heterocycles. The lowest BCUT2D eigenvalue weighted by atomic mass is 9.73. The topological polar surface area (TPSA) is 113 Å². The summed E-state index contributed by atoms with van der Waals surface area (Å²) in [6.07, 6.45) is 8.41. The summed E-state index contributed by atoms with van der Waals surface area (Å²) in [6, 6.07) is -0.313. The van der Waals surface area contributed by atoms with Gasteiger partial charge in [-0.05, 0) is 44.3 Å². The number of aromatic nitrogens is 1. The fourth-order valence-corrected chi connectivity index (χ4v) is 4.20. The Morgan fingerprint density at radius 3 is 2.50 bits per heavy atom. The van der Waals surface area contributed by atoms with Crippen LogP contribution >= 0.6 is 0 Å². The number of hydrogen-bond donors (Lipinski definition) is 3. The molecule has 0 aromatic carbocycles. The fourth-order valence-electron chi connectivity index (χ4n) is 4.20. The second-order valence-electron chi connectivity index (χ2n) is 10.2. The third-order valence-electron chi connectivity index (χ3n) is 6.82. The Labute approximate surface area is 203 Å². The van der Waals surface area contributed by atoms with Crippen molar-refractivity contribution in [1.29, 1.82) is 0 Å². The second kappa shape index (κ2) is 11.8. The van der Waals surface area contributed by atoms with Crippen LogP contribution in [0.25, 0.3) is 6.08 Å². The van der Waals surface area contributed by atoms with Crippen LogP contribution in [-0.4, -0.2) is 45.1 Å². The molecule has 3 N–H and O–H groups in total. The van der Waals surface area contributed by atoms with Gasteiger partial charge in [0, 0.05) is 12.8 Å². The quantitative estimate of drug-likeness (QED) is 0.596. The molecule has 0 radical (unpaired) electrons. The summed E-state index contributed by atoms with van der Waals surface area (Å²) in [7, 11) is 0. The molecule has 7 heteroatoms. The van der Waals surface area contributed by atoms with Gasteiger partial charge in [0.1, 0.15) is 17.7 Å². The number of nitrogens with one attached hydrogen (secondary N) is 1. The number of aryl methyl sites for hydroxylation is 1. The fraction of sp³-hybridized carbons (Fsp3) is 0.593. The predicted molar refractivity (Wildman–Crippen MR) is 133 cm³/mol. The molecular formula is C27H40N2O5. The number of carbonyl (C=O) groups excluding carboxylic acids is 2. The van der Waals surface area contributed by atoms with Crippen molar-refractivity contribution in [2.75, 3.05) is 0 Å². The van der Waals surface area contributed by atoms with Gasteiger partial charge in [-0.1, -0.05) is 51.5 Å². The largest absolute Gasteiger partial charge is 0.449 e. The Kier molecular flexibility index (Phi) is 9.59. The zero-order valence-electron chi connectivity index (χ0n) is 21.5. The zero-order chi connectivity index (χ0) is 25.6. The minimum absolute atomic E-state index is 0.129. The van der Waals surface area contributed by atoms with Crippen molar-refractivity contribution in [3.63, 3.8) is 0 Å². The number of nitrogens with zero attached hydrogens (tertiary/aromatic N) is 1. The summed E-state index contributed by atoms with van der Waals surface area (Å²) < 4.78 is 5.28. The summed E-state index contributed by atoms with van der Waals surface area (Å²) in [6.45, 7) is 12.5. The van der Waals surface area contributed by atoms with E-state index in [1.807, 2.05) is 45.1 Å². The van der Waals surface area contributed by atoms with Crippen molar-refractivity contribution in [2.45, 2.75) is 86.0 Å². The van der Waals surface area contributed by atoms with Gasteiger partial charge in [0.25, 0.3) is 0 Å². The Bertz CT molecular complexity index is 956. The number of hydrogen-bond acceptors (Lipinski definition) is 6. The van der Waals surface area contributed by atoms with Gasteiger partial charge < -0.3 is 19.9 Å². The van der Waals surface area contributed by atoms with E-state index < -0.39 is 23.5 Å². The molecule has 0 bridgehead atoms. The molecule has 0 saturated carbocycles. The van der Waals surface area contributed by atoms with E-state index in [1.54, 1.807) is 34.0 Å². The van der Waals surface area contributed by atoms with Crippen molar-refractivity contribution in [3.8, 4) is 0 Å². The molecule has 1 aromatic heterocycles. The molecular weight excluding hydrogens is 432 g/mol. The number of carbonyl (C=O) groups is 2. The average molecular weight is 473 g/mol. The molecule has 0 unspecified atom stereocenters. The van der Waals surface area contributed by atoms with Crippen molar-refractivity contribution < 1.29 is 24.2 Å². The molecule has 2 heterocycles. The van der Waals surface area contributed by atoms with Gasteiger partial charge in [-0.15, -0.1) is 0 Å². The molecule has 1 aliphatic heterocycles. The molecule has 0 spiro atoms. The maximum absolute atomic E-state index is 13.2. The summed E-state index contributed by atoms with van der Waals surface area (Å²) in [5, 5.41) is 24.6. The van der Waals surface area contributed by atoms with Gasteiger partial charge in [-0.3, -0.25) is 9.59 Å². The molecule has 5 atom stereocenters. The first kappa shape index (κ1) is 27.7. The van der Waals surface area contributed by atoms with E-state index in [1.165, 1.54) is 0 Å². The van der Waals surface area contributed by atoms with Crippen LogP contribution in [0.2, 0.25) is 0 Å². The van der Waals surface area contributed by atoms with E-state index in [2.05, 4.69) is 10.3 Å². The van der Waals surface area contributed by atoms with Crippen LogP contribution in [0, 0.1) is 24.2 Å². The van der Waals surface area contributed by atoms with E-state index in [0.29, 0.717) is 24.4 Å². The number of rotatable bonds is 2. The van der Waals surface area contributed by atoms with Crippen molar-refractivity contribution in [1.82, 2.24) is 10.3 Å². The van der Waals surface area contributed by atoms with E-state index in [9.17, 15) is 19.8 Å². The molecule has 34 heavy (non-hydrogen) atoms. The second-order valence-corrected chi connectivity index (χ2v) is 10.2. The maximum atomic E-state index is 13.2. The highest BCUT2D eigenvalue weighted by Gasteiger charge is 2.42. The molecule has 0 aliphatic carbocycles. The molecule has 1 aromatic rings. The minimum Gasteiger partial charge on any atom is -0.449 e. The van der Waals surface area contributed by atoms with Gasteiger partial charge >= 0.3 is 0 Å². The Morgan fingerprint density at radius 1 is 1.21 bits per heavy atom. The highest BCUT2D eigenvalue weighted by Crippen LogP contribution is 2.31. The molecule has 1 aliphatic rings. The van der Waals surface area contributed by atoms with E-state index in [0.717, 1.165) is 11.1 Å². The lowest BCUT2D eigenvalue weighted by Gasteiger charge is -2.34. The molecule has 188 valence electrons. The predicted octanol–water partition coefficient (Wildman–Crippen LogP) is 4.15. The van der Waals surface area contributed by atoms with E-state index in [4.69, 9.17) is 4.42 Å². The summed E-state index contributed by atoms with van der Waals surface area (Å²) in [5.74, 6) is -0.836. The summed E-state index contributed by atoms with van der Waals surface area (Å²) in [4.78, 5) is 30.4. The van der Waals surface area contributed by atoms with Crippen LogP contribution in [-0.2, 0) is 9.59 Å². The van der Waals surface area contributed by atoms with E-state index in [-0.39, 0.29) is 30.1 Å². The normalized spacial score (nSPS) is 30.1. The van der Waals surface area contributed by atoms with Gasteiger partial charge in [0.2, 0.25) is 5.91 Å². The van der Waals surface area contributed by atoms with Crippen molar-refractivity contribution in [3.05, 3.63) is 47.2 Å². The first-order valence-electron chi connectivity index (χ1n) is 12.0. The Balaban J connectivity index is 2.38. The van der Waals surface area contributed by atoms with Crippen LogP contribution in [0.4, 0.5) is 0 Å². The van der Waals surface area contributed by atoms with Crippen molar-refractivity contribution >= 4 is 17.8 Å². The molecule has 0 fully saturated rings. The summed E-state index contributed by atoms with van der Waals surface area (Å²) >= 11 is 0. The third kappa shape index (κ3) is 7.24. The van der Waals surface area contributed by atoms with Crippen LogP contribution < -0.4 is 5.32 Å². The number of aliphatic hydroxyl groups is 2. The van der Waals surface area contributed by atoms with Crippen LogP contribution in [0.3, 0.4) is 0 Å². The lowest BCUT2D eigenvalue weighted by Crippen LogP contribution is -2.47. The zero-order valence-corrected chi connectivity index (χ0v) is 21.5. The molecule has 7 nitrogen and oxygen atoms in total. The van der Waals surface area contributed by atoms with Gasteiger partial charge in [-0.2, -0.15) is 0 Å². The number of oxazole rings is 1. The maximum Gasteiger partial charge on any atom is 0.223 e. The lowest BCUT2D eigenvalue weighted by molar-refractivity contribution is -0.143. The van der Waals surface area contributed by atoms with Crippen LogP contribution in [0.1, 0.15) is 72.4 Å². The third-order valence-corrected chi connectivity index (χ3v) is 6.82. The highest BCUT2D eigenvalue weighted by molar-refractivity contribution is 5.88. The van der Waals surface area contributed by atoms with Crippen LogP contribution in [0.15, 0.2) is 40.1 Å². The Morgan fingerprint density at radius 2 is 1.88 bits per heavy atom. The molecule has 2 rings (SSSR count). The SMILES string of the molecule is CC1=CC[C@@H](C(C)=Cc2coc(C)n2)NC(=O)C[C@H](O)C(C)(C)C(=O)[C@H](C)[C@@H](O)[C@@H](C)CC=C1. The summed E-state index contributed by atoms with van der Waals surface area (Å²) in [5.41, 5.74) is 1.42. The van der Waals surface area contributed by atoms with E-state index >= 15 is 0 Å². The number of Topliss-reactive ketones (excluding diaryl/α,β-unsaturated/α-hetero) is 1. The van der Waals surface area contributed by atoms with Gasteiger partial charge in [0.05, 0.1) is 30.1 Å². The monoisotopic (exact) mass is 472 g/mol. The molecule has 1 amide bonds. The Hall–Kier alpha value is -2.51. The number of ketones is 1. The minimum atomic E-state index is -1.18. The first-order valence-corrected chi connectivity index (χ1v) is 12.0. The highest BCUT2D eigenvalue weighted by atomic mass is 16.3. The smallest absolute Gasteiger partial charge is 0.223 e. The van der Waals surface area contributed by atoms with Crippen molar-refractivity contribution in [2.24, 2.45) is 17.3 Å². The first-order chi connectivity index (χ1) is 15.8.